The summed E-state index contributed by atoms with van der Waals surface area (Å²) in [6.07, 6.45) is 0.783. The van der Waals surface area contributed by atoms with E-state index in [-0.39, 0.29) is 5.69 Å². The summed E-state index contributed by atoms with van der Waals surface area (Å²) in [6, 6.07) is 4.71. The summed E-state index contributed by atoms with van der Waals surface area (Å²) in [5, 5.41) is 17.2. The quantitative estimate of drug-likeness (QED) is 0.626. The Hall–Kier alpha value is -2.15. The number of hydrogen-bond donors (Lipinski definition) is 1. The zero-order valence-corrected chi connectivity index (χ0v) is 12.8. The largest absolute Gasteiger partial charge is 0.494 e. The highest BCUT2D eigenvalue weighted by molar-refractivity contribution is 7.09. The van der Waals surface area contributed by atoms with E-state index in [9.17, 15) is 10.1 Å². The van der Waals surface area contributed by atoms with Crippen molar-refractivity contribution < 1.29 is 9.66 Å². The first-order chi connectivity index (χ1) is 10.1. The average Bonchev–Trinajstić information content (AvgIpc) is 2.84. The van der Waals surface area contributed by atoms with Gasteiger partial charge in [-0.25, -0.2) is 4.98 Å². The molecule has 6 nitrogen and oxygen atoms in total. The van der Waals surface area contributed by atoms with Crippen molar-refractivity contribution in [3.63, 3.8) is 0 Å². The number of anilines is 1. The molecule has 1 aromatic carbocycles. The Labute approximate surface area is 126 Å². The minimum absolute atomic E-state index is 0.0218. The molecular formula is C14H17N3O3S. The second-order valence-electron chi connectivity index (χ2n) is 4.47. The van der Waals surface area contributed by atoms with E-state index in [0.29, 0.717) is 24.6 Å². The lowest BCUT2D eigenvalue weighted by molar-refractivity contribution is -0.384. The number of nitrogens with one attached hydrogen (secondary N) is 1. The Kier molecular flexibility index (Phi) is 5.10. The van der Waals surface area contributed by atoms with Crippen molar-refractivity contribution >= 4 is 22.7 Å². The fraction of sp³-hybridized carbons (Fsp3) is 0.357. The number of nitro groups is 1. The van der Waals surface area contributed by atoms with Gasteiger partial charge in [0, 0.05) is 41.9 Å². The van der Waals surface area contributed by atoms with E-state index < -0.39 is 4.92 Å². The van der Waals surface area contributed by atoms with Crippen LogP contribution in [0.5, 0.6) is 5.75 Å². The molecule has 7 heteroatoms. The van der Waals surface area contributed by atoms with Crippen LogP contribution >= 0.6 is 11.3 Å². The number of nitro benzene ring substituents is 1. The molecule has 0 saturated carbocycles. The highest BCUT2D eigenvalue weighted by Gasteiger charge is 2.10. The first kappa shape index (κ1) is 15.2. The second-order valence-corrected chi connectivity index (χ2v) is 5.41. The maximum Gasteiger partial charge on any atom is 0.275 e. The second kappa shape index (κ2) is 7.03. The summed E-state index contributed by atoms with van der Waals surface area (Å²) in [4.78, 5) is 14.9. The van der Waals surface area contributed by atoms with Gasteiger partial charge in [0.15, 0.2) is 0 Å². The van der Waals surface area contributed by atoms with Gasteiger partial charge in [-0.05, 0) is 13.8 Å². The number of benzene rings is 1. The van der Waals surface area contributed by atoms with Crippen LogP contribution in [0.4, 0.5) is 11.4 Å². The number of aromatic nitrogens is 1. The molecule has 0 aliphatic rings. The summed E-state index contributed by atoms with van der Waals surface area (Å²) in [6.45, 7) is 4.94. The van der Waals surface area contributed by atoms with E-state index >= 15 is 0 Å². The van der Waals surface area contributed by atoms with Crippen LogP contribution in [0, 0.1) is 17.0 Å². The van der Waals surface area contributed by atoms with E-state index in [1.165, 1.54) is 12.1 Å². The zero-order chi connectivity index (χ0) is 15.2. The molecule has 0 fully saturated rings. The third-order valence-corrected chi connectivity index (χ3v) is 3.77. The van der Waals surface area contributed by atoms with Crippen molar-refractivity contribution in [2.24, 2.45) is 0 Å². The smallest absolute Gasteiger partial charge is 0.275 e. The molecule has 0 bridgehead atoms. The summed E-state index contributed by atoms with van der Waals surface area (Å²) in [7, 11) is 0. The predicted octanol–water partition coefficient (Wildman–Crippen LogP) is 3.41. The molecule has 112 valence electrons. The van der Waals surface area contributed by atoms with Crippen LogP contribution in [0.15, 0.2) is 23.6 Å². The van der Waals surface area contributed by atoms with E-state index in [2.05, 4.69) is 10.3 Å². The standard InChI is InChI=1S/C14H17N3O3S/c1-3-20-13-7-11(6-12(8-13)17(18)19)15-5-4-14-16-10(2)9-21-14/h6-9,15H,3-5H2,1-2H3. The maximum atomic E-state index is 10.9. The van der Waals surface area contributed by atoms with Crippen LogP contribution in [0.3, 0.4) is 0 Å². The molecule has 0 atom stereocenters. The van der Waals surface area contributed by atoms with Crippen molar-refractivity contribution in [3.05, 3.63) is 44.4 Å². The Morgan fingerprint density at radius 3 is 2.86 bits per heavy atom. The third kappa shape index (κ3) is 4.42. The van der Waals surface area contributed by atoms with Gasteiger partial charge >= 0.3 is 0 Å². The number of non-ortho nitro benzene ring substituents is 1. The average molecular weight is 307 g/mol. The third-order valence-electron chi connectivity index (χ3n) is 2.75. The predicted molar refractivity (Wildman–Crippen MR) is 83.3 cm³/mol. The van der Waals surface area contributed by atoms with E-state index in [1.54, 1.807) is 17.4 Å². The van der Waals surface area contributed by atoms with E-state index in [1.807, 2.05) is 19.2 Å². The van der Waals surface area contributed by atoms with Gasteiger partial charge in [0.25, 0.3) is 5.69 Å². The summed E-state index contributed by atoms with van der Waals surface area (Å²) < 4.78 is 5.35. The number of thiazole rings is 1. The number of hydrogen-bond acceptors (Lipinski definition) is 6. The summed E-state index contributed by atoms with van der Waals surface area (Å²) in [5.74, 6) is 0.499. The van der Waals surface area contributed by atoms with Crippen molar-refractivity contribution in [1.29, 1.82) is 0 Å². The lowest BCUT2D eigenvalue weighted by atomic mass is 10.2. The molecule has 1 aromatic heterocycles. The SMILES string of the molecule is CCOc1cc(NCCc2nc(C)cs2)cc([N+](=O)[O-])c1. The van der Waals surface area contributed by atoms with Crippen LogP contribution < -0.4 is 10.1 Å². The fourth-order valence-electron chi connectivity index (χ4n) is 1.87. The van der Waals surface area contributed by atoms with Crippen LogP contribution in [-0.2, 0) is 6.42 Å². The van der Waals surface area contributed by atoms with Crippen molar-refractivity contribution in [2.45, 2.75) is 20.3 Å². The lowest BCUT2D eigenvalue weighted by Gasteiger charge is -2.08. The van der Waals surface area contributed by atoms with Crippen LogP contribution in [0.25, 0.3) is 0 Å². The van der Waals surface area contributed by atoms with Crippen molar-refractivity contribution in [1.82, 2.24) is 4.98 Å². The highest BCUT2D eigenvalue weighted by Crippen LogP contribution is 2.26. The molecule has 1 heterocycles. The molecule has 2 rings (SSSR count). The first-order valence-electron chi connectivity index (χ1n) is 6.65. The topological polar surface area (TPSA) is 77.3 Å². The summed E-state index contributed by atoms with van der Waals surface area (Å²) in [5.41, 5.74) is 1.72. The lowest BCUT2D eigenvalue weighted by Crippen LogP contribution is -2.05. The molecule has 0 aliphatic heterocycles. The number of nitrogens with zero attached hydrogens (tertiary/aromatic N) is 2. The fourth-order valence-corrected chi connectivity index (χ4v) is 2.65. The first-order valence-corrected chi connectivity index (χ1v) is 7.53. The molecule has 0 unspecified atom stereocenters. The molecule has 1 N–H and O–H groups in total. The Balaban J connectivity index is 2.02. The van der Waals surface area contributed by atoms with Gasteiger partial charge in [-0.3, -0.25) is 10.1 Å². The minimum Gasteiger partial charge on any atom is -0.494 e. The van der Waals surface area contributed by atoms with Crippen molar-refractivity contribution in [2.75, 3.05) is 18.5 Å². The zero-order valence-electron chi connectivity index (χ0n) is 12.0. The van der Waals surface area contributed by atoms with Gasteiger partial charge in [0.2, 0.25) is 0 Å². The van der Waals surface area contributed by atoms with Gasteiger partial charge in [0.1, 0.15) is 5.75 Å². The monoisotopic (exact) mass is 307 g/mol. The van der Waals surface area contributed by atoms with Crippen molar-refractivity contribution in [3.8, 4) is 5.75 Å². The number of ether oxygens (including phenoxy) is 1. The minimum atomic E-state index is -0.419. The van der Waals surface area contributed by atoms with Gasteiger partial charge in [-0.1, -0.05) is 0 Å². The Morgan fingerprint density at radius 2 is 2.24 bits per heavy atom. The molecule has 0 radical (unpaired) electrons. The van der Waals surface area contributed by atoms with Gasteiger partial charge < -0.3 is 10.1 Å². The number of aryl methyl sites for hydroxylation is 1. The van der Waals surface area contributed by atoms with Crippen LogP contribution in [0.2, 0.25) is 0 Å². The molecular weight excluding hydrogens is 290 g/mol. The maximum absolute atomic E-state index is 10.9. The van der Waals surface area contributed by atoms with Gasteiger partial charge in [-0.15, -0.1) is 11.3 Å². The van der Waals surface area contributed by atoms with Crippen LogP contribution in [-0.4, -0.2) is 23.1 Å². The molecule has 0 spiro atoms. The molecule has 21 heavy (non-hydrogen) atoms. The number of rotatable bonds is 7. The Morgan fingerprint density at radius 1 is 1.43 bits per heavy atom. The van der Waals surface area contributed by atoms with Gasteiger partial charge in [0.05, 0.1) is 22.6 Å². The van der Waals surface area contributed by atoms with E-state index in [4.69, 9.17) is 4.74 Å². The normalized spacial score (nSPS) is 10.4. The summed E-state index contributed by atoms with van der Waals surface area (Å²) >= 11 is 1.62. The van der Waals surface area contributed by atoms with Gasteiger partial charge in [-0.2, -0.15) is 0 Å². The molecule has 2 aromatic rings. The molecule has 0 saturated heterocycles. The molecule has 0 aliphatic carbocycles. The highest BCUT2D eigenvalue weighted by atomic mass is 32.1. The molecule has 0 amide bonds. The Bertz CT molecular complexity index is 628. The van der Waals surface area contributed by atoms with E-state index in [0.717, 1.165) is 17.1 Å². The van der Waals surface area contributed by atoms with Crippen LogP contribution in [0.1, 0.15) is 17.6 Å².